The van der Waals surface area contributed by atoms with E-state index < -0.39 is 16.4 Å². The Hall–Kier alpha value is -3.22. The maximum atomic E-state index is 10.7. The average molecular weight is 257 g/mol. The summed E-state index contributed by atoms with van der Waals surface area (Å²) >= 11 is 0. The fourth-order valence-electron chi connectivity index (χ4n) is 1.23. The molecule has 0 aromatic heterocycles. The van der Waals surface area contributed by atoms with E-state index in [0.717, 1.165) is 6.07 Å². The summed E-state index contributed by atoms with van der Waals surface area (Å²) < 4.78 is 0. The summed E-state index contributed by atoms with van der Waals surface area (Å²) in [4.78, 5) is 12.4. The predicted octanol–water partition coefficient (Wildman–Crippen LogP) is 2.22. The number of nitro groups is 1. The first-order valence-electron chi connectivity index (χ1n) is 5.01. The molecule has 0 bridgehead atoms. The highest BCUT2D eigenvalue weighted by Gasteiger charge is 2.18. The van der Waals surface area contributed by atoms with E-state index in [2.05, 4.69) is 21.9 Å². The number of benzene rings is 1. The fourth-order valence-corrected chi connectivity index (χ4v) is 1.23. The van der Waals surface area contributed by atoms with E-state index in [1.807, 2.05) is 0 Å². The number of aromatic hydroxyl groups is 1. The van der Waals surface area contributed by atoms with Crippen LogP contribution in [0.4, 0.5) is 5.69 Å². The smallest absolute Gasteiger partial charge is 0.313 e. The monoisotopic (exact) mass is 257 g/mol. The second-order valence-electron chi connectivity index (χ2n) is 3.27. The van der Waals surface area contributed by atoms with Gasteiger partial charge in [0.2, 0.25) is 5.75 Å². The third kappa shape index (κ3) is 3.63. The highest BCUT2D eigenvalue weighted by atomic mass is 16.6. The molecule has 0 unspecified atom stereocenters. The van der Waals surface area contributed by atoms with E-state index >= 15 is 0 Å². The number of azide groups is 1. The van der Waals surface area contributed by atoms with Gasteiger partial charge in [0.25, 0.3) is 0 Å². The van der Waals surface area contributed by atoms with Crippen molar-refractivity contribution in [3.8, 4) is 23.7 Å². The number of phenolic OH excluding ortho intramolecular Hbond substituents is 1. The molecule has 0 saturated carbocycles. The summed E-state index contributed by atoms with van der Waals surface area (Å²) in [5, 5.41) is 32.3. The number of rotatable bonds is 3. The quantitative estimate of drug-likeness (QED) is 0.169. The third-order valence-electron chi connectivity index (χ3n) is 2.04. The van der Waals surface area contributed by atoms with Crippen LogP contribution in [0.15, 0.2) is 17.2 Å². The van der Waals surface area contributed by atoms with Gasteiger partial charge in [-0.25, -0.2) is 0 Å². The zero-order chi connectivity index (χ0) is 14.3. The van der Waals surface area contributed by atoms with Crippen molar-refractivity contribution in [3.63, 3.8) is 0 Å². The van der Waals surface area contributed by atoms with Crippen molar-refractivity contribution < 1.29 is 10.0 Å². The summed E-state index contributed by atoms with van der Waals surface area (Å²) in [5.74, 6) is 4.51. The van der Waals surface area contributed by atoms with E-state index in [9.17, 15) is 15.2 Å². The zero-order valence-corrected chi connectivity index (χ0v) is 9.57. The van der Waals surface area contributed by atoms with Crippen molar-refractivity contribution in [3.05, 3.63) is 43.8 Å². The molecule has 1 N–H and O–H groups in total. The van der Waals surface area contributed by atoms with Crippen LogP contribution < -0.4 is 0 Å². The number of phenols is 1. The molecule has 1 aromatic rings. The van der Waals surface area contributed by atoms with Crippen LogP contribution in [-0.4, -0.2) is 16.6 Å². The predicted molar refractivity (Wildman–Crippen MR) is 65.0 cm³/mol. The number of nitriles is 1. The van der Waals surface area contributed by atoms with Crippen molar-refractivity contribution in [1.29, 1.82) is 5.26 Å². The Bertz CT molecular complexity index is 659. The first-order valence-corrected chi connectivity index (χ1v) is 5.01. The largest absolute Gasteiger partial charge is 0.501 e. The van der Waals surface area contributed by atoms with Gasteiger partial charge < -0.3 is 5.11 Å². The third-order valence-corrected chi connectivity index (χ3v) is 2.04. The molecule has 1 aromatic carbocycles. The van der Waals surface area contributed by atoms with Crippen LogP contribution in [0.2, 0.25) is 0 Å². The van der Waals surface area contributed by atoms with Gasteiger partial charge in [0.15, 0.2) is 0 Å². The fraction of sp³-hybridized carbons (Fsp3) is 0.182. The van der Waals surface area contributed by atoms with Gasteiger partial charge in [-0.2, -0.15) is 5.26 Å². The first-order chi connectivity index (χ1) is 9.10. The molecule has 0 aliphatic carbocycles. The van der Waals surface area contributed by atoms with Gasteiger partial charge in [-0.05, 0) is 11.6 Å². The normalized spacial score (nSPS) is 8.58. The van der Waals surface area contributed by atoms with E-state index in [4.69, 9.17) is 10.8 Å². The molecule has 0 saturated heterocycles. The lowest BCUT2D eigenvalue weighted by atomic mass is 10.1. The highest BCUT2D eigenvalue weighted by Crippen LogP contribution is 2.30. The van der Waals surface area contributed by atoms with Crippen LogP contribution in [0.25, 0.3) is 10.4 Å². The van der Waals surface area contributed by atoms with Crippen molar-refractivity contribution in [2.24, 2.45) is 5.11 Å². The standard InChI is InChI=1S/C11H7N5O3/c12-7-8-5-9(3-1-2-4-14-15-13)11(17)10(6-8)16(18)19/h5-6,17H,2,4H2. The Kier molecular flexibility index (Phi) is 4.74. The lowest BCUT2D eigenvalue weighted by molar-refractivity contribution is -0.385. The maximum Gasteiger partial charge on any atom is 0.313 e. The molecule has 0 fully saturated rings. The molecular formula is C11H7N5O3. The van der Waals surface area contributed by atoms with Gasteiger partial charge in [0.1, 0.15) is 0 Å². The molecule has 0 radical (unpaired) electrons. The summed E-state index contributed by atoms with van der Waals surface area (Å²) in [5.41, 5.74) is 7.50. The molecule has 0 amide bonds. The Morgan fingerprint density at radius 3 is 2.89 bits per heavy atom. The van der Waals surface area contributed by atoms with Crippen LogP contribution in [0.1, 0.15) is 17.5 Å². The Morgan fingerprint density at radius 2 is 2.32 bits per heavy atom. The Morgan fingerprint density at radius 1 is 1.58 bits per heavy atom. The molecule has 0 heterocycles. The lowest BCUT2D eigenvalue weighted by Crippen LogP contribution is -1.92. The summed E-state index contributed by atoms with van der Waals surface area (Å²) in [7, 11) is 0. The molecular weight excluding hydrogens is 250 g/mol. The number of nitro benzene ring substituents is 1. The van der Waals surface area contributed by atoms with Gasteiger partial charge in [0.05, 0.1) is 22.1 Å². The van der Waals surface area contributed by atoms with Crippen LogP contribution in [0.5, 0.6) is 5.75 Å². The van der Waals surface area contributed by atoms with Gasteiger partial charge >= 0.3 is 5.69 Å². The molecule has 94 valence electrons. The van der Waals surface area contributed by atoms with E-state index in [1.165, 1.54) is 6.07 Å². The molecule has 0 aliphatic rings. The lowest BCUT2D eigenvalue weighted by Gasteiger charge is -1.99. The van der Waals surface area contributed by atoms with Gasteiger partial charge in [-0.1, -0.05) is 17.0 Å². The average Bonchev–Trinajstić information content (AvgIpc) is 2.39. The van der Waals surface area contributed by atoms with Crippen molar-refractivity contribution in [2.75, 3.05) is 6.54 Å². The summed E-state index contributed by atoms with van der Waals surface area (Å²) in [6.45, 7) is 0.157. The van der Waals surface area contributed by atoms with Crippen LogP contribution in [0, 0.1) is 33.3 Å². The van der Waals surface area contributed by atoms with Crippen molar-refractivity contribution in [2.45, 2.75) is 6.42 Å². The van der Waals surface area contributed by atoms with E-state index in [-0.39, 0.29) is 24.1 Å². The molecule has 19 heavy (non-hydrogen) atoms. The van der Waals surface area contributed by atoms with Crippen LogP contribution in [0.3, 0.4) is 0 Å². The van der Waals surface area contributed by atoms with E-state index in [0.29, 0.717) is 0 Å². The number of hydrogen-bond acceptors (Lipinski definition) is 5. The van der Waals surface area contributed by atoms with E-state index in [1.54, 1.807) is 6.07 Å². The number of hydrogen-bond donors (Lipinski definition) is 1. The Labute approximate surface area is 107 Å². The molecule has 0 atom stereocenters. The minimum absolute atomic E-state index is 0.00770. The van der Waals surface area contributed by atoms with Crippen molar-refractivity contribution in [1.82, 2.24) is 0 Å². The number of nitrogens with zero attached hydrogens (tertiary/aromatic N) is 5. The SMILES string of the molecule is N#Cc1cc(C#CCCN=[N+]=[N-])c(O)c([N+](=O)[O-])c1. The molecule has 1 rings (SSSR count). The molecule has 0 aliphatic heterocycles. The zero-order valence-electron chi connectivity index (χ0n) is 9.57. The molecule has 8 nitrogen and oxygen atoms in total. The van der Waals surface area contributed by atoms with Gasteiger partial charge in [0, 0.05) is 23.9 Å². The topological polar surface area (TPSA) is 136 Å². The first kappa shape index (κ1) is 13.8. The van der Waals surface area contributed by atoms with Crippen LogP contribution >= 0.6 is 0 Å². The highest BCUT2D eigenvalue weighted by molar-refractivity contribution is 5.61. The van der Waals surface area contributed by atoms with Gasteiger partial charge in [-0.3, -0.25) is 10.1 Å². The summed E-state index contributed by atoms with van der Waals surface area (Å²) in [6, 6.07) is 3.98. The minimum Gasteiger partial charge on any atom is -0.501 e. The molecule has 8 heteroatoms. The maximum absolute atomic E-state index is 10.7. The minimum atomic E-state index is -0.790. The van der Waals surface area contributed by atoms with Crippen molar-refractivity contribution >= 4 is 5.69 Å². The van der Waals surface area contributed by atoms with Crippen LogP contribution in [-0.2, 0) is 0 Å². The second-order valence-corrected chi connectivity index (χ2v) is 3.27. The molecule has 0 spiro atoms. The Balaban J connectivity index is 3.13. The summed E-state index contributed by atoms with van der Waals surface area (Å²) in [6.07, 6.45) is 0.244. The second kappa shape index (κ2) is 6.50. The van der Waals surface area contributed by atoms with Gasteiger partial charge in [-0.15, -0.1) is 0 Å².